The van der Waals surface area contributed by atoms with Crippen LogP contribution < -0.4 is 15.4 Å². The molecule has 4 atom stereocenters. The van der Waals surface area contributed by atoms with E-state index in [-0.39, 0.29) is 50.2 Å². The van der Waals surface area contributed by atoms with Crippen LogP contribution in [0.25, 0.3) is 0 Å². The molecule has 202 valence electrons. The first kappa shape index (κ1) is 26.2. The van der Waals surface area contributed by atoms with Crippen molar-refractivity contribution in [3.8, 4) is 0 Å². The molecule has 6 rings (SSSR count). The maximum absolute atomic E-state index is 14.0. The monoisotopic (exact) mass is 556 g/mol. The Bertz CT molecular complexity index is 1240. The van der Waals surface area contributed by atoms with E-state index in [2.05, 4.69) is 15.4 Å². The number of nitrogens with one attached hydrogen (secondary N) is 3. The van der Waals surface area contributed by atoms with Crippen LogP contribution in [0.1, 0.15) is 49.7 Å². The Balaban J connectivity index is 0.00000280. The van der Waals surface area contributed by atoms with E-state index >= 15 is 0 Å². The maximum atomic E-state index is 14.0. The van der Waals surface area contributed by atoms with Gasteiger partial charge in [-0.05, 0) is 55.6 Å². The first-order chi connectivity index (χ1) is 17.2. The van der Waals surface area contributed by atoms with Crippen molar-refractivity contribution in [1.29, 1.82) is 0 Å². The fourth-order valence-corrected chi connectivity index (χ4v) is 6.89. The smallest absolute Gasteiger partial charge is 0.410 e. The van der Waals surface area contributed by atoms with Crippen LogP contribution in [0.4, 0.5) is 9.18 Å². The van der Waals surface area contributed by atoms with E-state index in [1.807, 2.05) is 0 Å². The number of nitrogens with zero attached hydrogens (tertiary/aromatic N) is 1. The van der Waals surface area contributed by atoms with E-state index in [1.165, 1.54) is 11.0 Å². The number of hydrogen-bond acceptors (Lipinski definition) is 7. The van der Waals surface area contributed by atoms with Crippen molar-refractivity contribution in [3.63, 3.8) is 0 Å². The van der Waals surface area contributed by atoms with Gasteiger partial charge in [0.05, 0.1) is 17.8 Å². The summed E-state index contributed by atoms with van der Waals surface area (Å²) in [5.74, 6) is -1.16. The van der Waals surface area contributed by atoms with Gasteiger partial charge in [-0.15, -0.1) is 12.4 Å². The molecule has 2 heterocycles. The van der Waals surface area contributed by atoms with E-state index < -0.39 is 50.9 Å². The molecule has 0 radical (unpaired) electrons. The number of benzene rings is 1. The van der Waals surface area contributed by atoms with Crippen molar-refractivity contribution >= 4 is 40.3 Å². The van der Waals surface area contributed by atoms with Gasteiger partial charge in [-0.3, -0.25) is 19.2 Å². The molecule has 13 heteroatoms. The molecule has 0 aromatic heterocycles. The highest BCUT2D eigenvalue weighted by Crippen LogP contribution is 2.57. The molecule has 1 saturated heterocycles. The number of halogens is 2. The standard InChI is InChI=1S/C24H29FN4O6S.ClH/c25-19-3-1-2-14-11-29(12-17(14)19)23(32)35-15-8-20(26-10-15)21(30)27-24(9-18(24)13-4-5-13)22(31)28-36(33,34)16-6-7-16;/h1-3,13,15-16,18,20,26H,4-12H2,(H,27,30)(H,28,31);1H/t15-,18+,20+,24-;/m1./s1. The Morgan fingerprint density at radius 2 is 1.89 bits per heavy atom. The third-order valence-electron chi connectivity index (χ3n) is 8.01. The van der Waals surface area contributed by atoms with Crippen LogP contribution in [0.5, 0.6) is 0 Å². The molecule has 0 bridgehead atoms. The van der Waals surface area contributed by atoms with E-state index in [0.29, 0.717) is 30.7 Å². The van der Waals surface area contributed by atoms with Gasteiger partial charge < -0.3 is 15.4 Å². The van der Waals surface area contributed by atoms with Crippen molar-refractivity contribution in [2.75, 3.05) is 6.54 Å². The predicted molar refractivity (Wildman–Crippen MR) is 131 cm³/mol. The normalized spacial score (nSPS) is 30.2. The third kappa shape index (κ3) is 5.03. The zero-order valence-electron chi connectivity index (χ0n) is 20.1. The number of carbonyl (C=O) groups is 3. The summed E-state index contributed by atoms with van der Waals surface area (Å²) in [7, 11) is -3.72. The summed E-state index contributed by atoms with van der Waals surface area (Å²) in [5, 5.41) is 5.35. The van der Waals surface area contributed by atoms with Gasteiger partial charge in [0, 0.05) is 25.1 Å². The average molecular weight is 557 g/mol. The van der Waals surface area contributed by atoms with Crippen LogP contribution in [0.3, 0.4) is 0 Å². The van der Waals surface area contributed by atoms with Crippen molar-refractivity contribution < 1.29 is 31.9 Å². The fourth-order valence-electron chi connectivity index (χ4n) is 5.53. The zero-order valence-corrected chi connectivity index (χ0v) is 21.7. The van der Waals surface area contributed by atoms with Crippen molar-refractivity contribution in [1.82, 2.24) is 20.3 Å². The number of amides is 3. The largest absolute Gasteiger partial charge is 0.445 e. The predicted octanol–water partition coefficient (Wildman–Crippen LogP) is 1.32. The SMILES string of the molecule is Cl.O=C(N[C@]1(C(=O)NS(=O)(=O)C2CC2)C[C@H]1C1CC1)[C@@H]1C[C@@H](OC(=O)N2Cc3cccc(F)c3C2)CN1. The molecule has 0 spiro atoms. The number of carbonyl (C=O) groups excluding carboxylic acids is 3. The maximum Gasteiger partial charge on any atom is 0.410 e. The molecule has 37 heavy (non-hydrogen) atoms. The molecule has 3 amide bonds. The van der Waals surface area contributed by atoms with Crippen LogP contribution in [-0.2, 0) is 37.4 Å². The van der Waals surface area contributed by atoms with Gasteiger partial charge in [0.25, 0.3) is 5.91 Å². The Labute approximate surface area is 220 Å². The summed E-state index contributed by atoms with van der Waals surface area (Å²) in [6, 6.07) is 4.06. The van der Waals surface area contributed by atoms with Gasteiger partial charge in [-0.2, -0.15) is 0 Å². The average Bonchev–Trinajstić information content (AvgIpc) is 3.73. The molecular formula is C24H30ClFN4O6S. The molecule has 3 aliphatic carbocycles. The lowest BCUT2D eigenvalue weighted by Gasteiger charge is -2.22. The lowest BCUT2D eigenvalue weighted by molar-refractivity contribution is -0.130. The van der Waals surface area contributed by atoms with Gasteiger partial charge in [-0.25, -0.2) is 17.6 Å². The summed E-state index contributed by atoms with van der Waals surface area (Å²) < 4.78 is 46.4. The van der Waals surface area contributed by atoms with Gasteiger partial charge in [0.2, 0.25) is 15.9 Å². The van der Waals surface area contributed by atoms with Gasteiger partial charge in [-0.1, -0.05) is 12.1 Å². The molecule has 1 aromatic carbocycles. The molecule has 2 aliphatic heterocycles. The highest BCUT2D eigenvalue weighted by molar-refractivity contribution is 7.91. The molecule has 3 saturated carbocycles. The fraction of sp³-hybridized carbons (Fsp3) is 0.625. The summed E-state index contributed by atoms with van der Waals surface area (Å²) in [6.45, 7) is 0.662. The second-order valence-electron chi connectivity index (χ2n) is 10.7. The summed E-state index contributed by atoms with van der Waals surface area (Å²) in [5.41, 5.74) is 0.0241. The minimum absolute atomic E-state index is 0. The van der Waals surface area contributed by atoms with Crippen LogP contribution in [0, 0.1) is 17.7 Å². The van der Waals surface area contributed by atoms with Crippen molar-refractivity contribution in [2.24, 2.45) is 11.8 Å². The molecule has 1 aromatic rings. The number of rotatable bonds is 7. The highest BCUT2D eigenvalue weighted by atomic mass is 35.5. The molecule has 5 aliphatic rings. The van der Waals surface area contributed by atoms with Crippen molar-refractivity contribution in [3.05, 3.63) is 35.1 Å². The first-order valence-electron chi connectivity index (χ1n) is 12.5. The molecular weight excluding hydrogens is 527 g/mol. The van der Waals surface area contributed by atoms with E-state index in [4.69, 9.17) is 4.74 Å². The number of hydrogen-bond donors (Lipinski definition) is 3. The topological polar surface area (TPSA) is 134 Å². The lowest BCUT2D eigenvalue weighted by atomic mass is 10.1. The molecule has 4 fully saturated rings. The minimum Gasteiger partial charge on any atom is -0.445 e. The minimum atomic E-state index is -3.72. The van der Waals surface area contributed by atoms with E-state index in [0.717, 1.165) is 18.4 Å². The number of fused-ring (bicyclic) bond motifs is 1. The van der Waals surface area contributed by atoms with Crippen LogP contribution in [0.15, 0.2) is 18.2 Å². The Hall–Kier alpha value is -2.44. The summed E-state index contributed by atoms with van der Waals surface area (Å²) in [6.07, 6.45) is 2.53. The molecule has 3 N–H and O–H groups in total. The van der Waals surface area contributed by atoms with Crippen molar-refractivity contribution in [2.45, 2.75) is 74.5 Å². The number of sulfonamides is 1. The van der Waals surface area contributed by atoms with E-state index in [9.17, 15) is 27.2 Å². The second kappa shape index (κ2) is 9.39. The van der Waals surface area contributed by atoms with Crippen LogP contribution >= 0.6 is 12.4 Å². The number of ether oxygens (including phenoxy) is 1. The quantitative estimate of drug-likeness (QED) is 0.461. The van der Waals surface area contributed by atoms with Crippen LogP contribution in [-0.4, -0.2) is 60.7 Å². The molecule has 0 unspecified atom stereocenters. The second-order valence-corrected chi connectivity index (χ2v) is 12.7. The first-order valence-corrected chi connectivity index (χ1v) is 14.0. The van der Waals surface area contributed by atoms with Gasteiger partial charge in [0.15, 0.2) is 0 Å². The Morgan fingerprint density at radius 1 is 1.14 bits per heavy atom. The van der Waals surface area contributed by atoms with Gasteiger partial charge in [0.1, 0.15) is 17.5 Å². The highest BCUT2D eigenvalue weighted by Gasteiger charge is 2.66. The lowest BCUT2D eigenvalue weighted by Crippen LogP contribution is -2.55. The zero-order chi connectivity index (χ0) is 25.2. The van der Waals surface area contributed by atoms with Gasteiger partial charge >= 0.3 is 6.09 Å². The van der Waals surface area contributed by atoms with Crippen LogP contribution in [0.2, 0.25) is 0 Å². The Morgan fingerprint density at radius 3 is 2.57 bits per heavy atom. The Kier molecular flexibility index (Phi) is 6.64. The summed E-state index contributed by atoms with van der Waals surface area (Å²) in [4.78, 5) is 40.2. The summed E-state index contributed by atoms with van der Waals surface area (Å²) >= 11 is 0. The third-order valence-corrected chi connectivity index (χ3v) is 9.83. The van der Waals surface area contributed by atoms with E-state index in [1.54, 1.807) is 12.1 Å². The molecule has 10 nitrogen and oxygen atoms in total.